The summed E-state index contributed by atoms with van der Waals surface area (Å²) in [6, 6.07) is 0. The van der Waals surface area contributed by atoms with E-state index in [1.54, 1.807) is 6.92 Å². The van der Waals surface area contributed by atoms with Crippen molar-refractivity contribution in [1.82, 2.24) is 20.3 Å². The first kappa shape index (κ1) is 17.1. The molecule has 1 rings (SSSR count). The number of nitrogens with zero attached hydrogens (tertiary/aromatic N) is 3. The first-order chi connectivity index (χ1) is 9.69. The van der Waals surface area contributed by atoms with Gasteiger partial charge < -0.3 is 15.5 Å². The minimum absolute atomic E-state index is 0.138. The van der Waals surface area contributed by atoms with E-state index < -0.39 is 11.6 Å². The zero-order valence-electron chi connectivity index (χ0n) is 12.5. The highest BCUT2D eigenvalue weighted by Gasteiger charge is 2.21. The number of hydrogen-bond acceptors (Lipinski definition) is 5. The van der Waals surface area contributed by atoms with E-state index in [4.69, 9.17) is 5.11 Å². The van der Waals surface area contributed by atoms with Crippen molar-refractivity contribution < 1.29 is 19.8 Å². The van der Waals surface area contributed by atoms with E-state index in [0.29, 0.717) is 12.3 Å². The molecule has 0 aromatic carbocycles. The number of hydrogen-bond donors (Lipinski definition) is 3. The zero-order valence-corrected chi connectivity index (χ0v) is 12.5. The highest BCUT2D eigenvalue weighted by molar-refractivity contribution is 5.84. The Kier molecular flexibility index (Phi) is 5.83. The Balaban J connectivity index is 2.41. The number of aliphatic hydroxyl groups is 1. The molecule has 8 nitrogen and oxygen atoms in total. The van der Waals surface area contributed by atoms with Crippen molar-refractivity contribution in [2.24, 2.45) is 5.92 Å². The van der Waals surface area contributed by atoms with Crippen LogP contribution in [-0.2, 0) is 11.3 Å². The van der Waals surface area contributed by atoms with Crippen molar-refractivity contribution in [1.29, 1.82) is 0 Å². The fourth-order valence-corrected chi connectivity index (χ4v) is 1.65. The number of aromatic nitrogens is 3. The lowest BCUT2D eigenvalue weighted by Crippen LogP contribution is -2.42. The van der Waals surface area contributed by atoms with Crippen molar-refractivity contribution in [3.8, 4) is 0 Å². The van der Waals surface area contributed by atoms with Crippen LogP contribution in [0.25, 0.3) is 0 Å². The largest absolute Gasteiger partial charge is 0.476 e. The first-order valence-corrected chi connectivity index (χ1v) is 6.82. The van der Waals surface area contributed by atoms with Crippen LogP contribution in [0.3, 0.4) is 0 Å². The number of carboxylic acid groups (broad SMARTS) is 1. The van der Waals surface area contributed by atoms with Crippen LogP contribution in [-0.4, -0.2) is 49.2 Å². The summed E-state index contributed by atoms with van der Waals surface area (Å²) < 4.78 is 1.14. The molecule has 0 aliphatic rings. The minimum atomic E-state index is -1.20. The summed E-state index contributed by atoms with van der Waals surface area (Å²) in [6.45, 7) is 5.81. The number of amides is 1. The van der Waals surface area contributed by atoms with Gasteiger partial charge in [-0.3, -0.25) is 4.79 Å². The lowest BCUT2D eigenvalue weighted by molar-refractivity contribution is -0.123. The van der Waals surface area contributed by atoms with Crippen molar-refractivity contribution in [2.75, 3.05) is 6.54 Å². The Labute approximate surface area is 123 Å². The van der Waals surface area contributed by atoms with Gasteiger partial charge in [0.15, 0.2) is 5.69 Å². The second kappa shape index (κ2) is 7.16. The average Bonchev–Trinajstić information content (AvgIpc) is 2.83. The molecule has 0 bridgehead atoms. The summed E-state index contributed by atoms with van der Waals surface area (Å²) >= 11 is 0. The van der Waals surface area contributed by atoms with Crippen molar-refractivity contribution >= 4 is 11.9 Å². The molecule has 118 valence electrons. The van der Waals surface area contributed by atoms with E-state index in [1.807, 2.05) is 0 Å². The Morgan fingerprint density at radius 3 is 2.67 bits per heavy atom. The van der Waals surface area contributed by atoms with E-state index in [-0.39, 0.29) is 24.7 Å². The Morgan fingerprint density at radius 2 is 2.14 bits per heavy atom. The van der Waals surface area contributed by atoms with Crippen LogP contribution >= 0.6 is 0 Å². The van der Waals surface area contributed by atoms with Crippen LogP contribution in [0, 0.1) is 5.92 Å². The minimum Gasteiger partial charge on any atom is -0.476 e. The molecule has 0 saturated heterocycles. The first-order valence-electron chi connectivity index (χ1n) is 6.82. The van der Waals surface area contributed by atoms with Gasteiger partial charge in [0.2, 0.25) is 5.91 Å². The van der Waals surface area contributed by atoms with E-state index in [9.17, 15) is 14.7 Å². The molecule has 0 aliphatic carbocycles. The molecule has 8 heteroatoms. The van der Waals surface area contributed by atoms with Crippen molar-refractivity contribution in [3.05, 3.63) is 11.9 Å². The monoisotopic (exact) mass is 298 g/mol. The maximum Gasteiger partial charge on any atom is 0.358 e. The fourth-order valence-electron chi connectivity index (χ4n) is 1.65. The Morgan fingerprint density at radius 1 is 1.48 bits per heavy atom. The highest BCUT2D eigenvalue weighted by Crippen LogP contribution is 2.15. The molecule has 1 amide bonds. The molecule has 1 heterocycles. The zero-order chi connectivity index (χ0) is 16.0. The lowest BCUT2D eigenvalue weighted by atomic mass is 9.95. The molecule has 0 spiro atoms. The molecule has 0 fully saturated rings. The van der Waals surface area contributed by atoms with E-state index in [2.05, 4.69) is 29.5 Å². The van der Waals surface area contributed by atoms with E-state index in [0.717, 1.165) is 11.1 Å². The third-order valence-corrected chi connectivity index (χ3v) is 2.99. The van der Waals surface area contributed by atoms with E-state index >= 15 is 0 Å². The van der Waals surface area contributed by atoms with Gasteiger partial charge >= 0.3 is 5.97 Å². The van der Waals surface area contributed by atoms with Crippen LogP contribution in [0.1, 0.15) is 44.1 Å². The quantitative estimate of drug-likeness (QED) is 0.634. The average molecular weight is 298 g/mol. The molecule has 1 unspecified atom stereocenters. The molecule has 0 aliphatic heterocycles. The summed E-state index contributed by atoms with van der Waals surface area (Å²) in [6.07, 6.45) is 2.64. The molecular weight excluding hydrogens is 276 g/mol. The van der Waals surface area contributed by atoms with Crippen LogP contribution in [0.15, 0.2) is 6.20 Å². The maximum absolute atomic E-state index is 11.7. The van der Waals surface area contributed by atoms with Gasteiger partial charge in [-0.05, 0) is 25.7 Å². The summed E-state index contributed by atoms with van der Waals surface area (Å²) in [5.74, 6) is -1.07. The lowest BCUT2D eigenvalue weighted by Gasteiger charge is -2.24. The number of carbonyl (C=O) groups is 2. The number of carbonyl (C=O) groups excluding carboxylic acids is 1. The molecule has 1 aromatic rings. The predicted octanol–water partition coefficient (Wildman–Crippen LogP) is 0.280. The third-order valence-electron chi connectivity index (χ3n) is 2.99. The van der Waals surface area contributed by atoms with Gasteiger partial charge in [-0.15, -0.1) is 5.10 Å². The SMILES string of the molecule is CC(C)CCC(C)(O)CNC(=O)Cn1cc(C(=O)O)nn1. The van der Waals surface area contributed by atoms with Gasteiger partial charge in [-0.1, -0.05) is 19.1 Å². The van der Waals surface area contributed by atoms with Crippen molar-refractivity contribution in [3.63, 3.8) is 0 Å². The molecule has 1 atom stereocenters. The topological polar surface area (TPSA) is 117 Å². The number of nitrogens with one attached hydrogen (secondary N) is 1. The Hall–Kier alpha value is -1.96. The summed E-state index contributed by atoms with van der Waals surface area (Å²) in [5.41, 5.74) is -1.18. The molecule has 0 saturated carbocycles. The van der Waals surface area contributed by atoms with Gasteiger partial charge in [0.05, 0.1) is 11.8 Å². The summed E-state index contributed by atoms with van der Waals surface area (Å²) in [4.78, 5) is 22.4. The van der Waals surface area contributed by atoms with Gasteiger partial charge in [0, 0.05) is 6.54 Å². The van der Waals surface area contributed by atoms with Crippen LogP contribution in [0.5, 0.6) is 0 Å². The normalized spacial score (nSPS) is 14.0. The predicted molar refractivity (Wildman–Crippen MR) is 74.7 cm³/mol. The van der Waals surface area contributed by atoms with Crippen molar-refractivity contribution in [2.45, 2.75) is 45.8 Å². The fraction of sp³-hybridized carbons (Fsp3) is 0.692. The van der Waals surface area contributed by atoms with Gasteiger partial charge in [0.1, 0.15) is 6.54 Å². The standard InChI is InChI=1S/C13H22N4O4/c1-9(2)4-5-13(3,21)8-14-11(18)7-17-6-10(12(19)20)15-16-17/h6,9,21H,4-5,7-8H2,1-3H3,(H,14,18)(H,19,20). The number of aromatic carboxylic acids is 1. The summed E-state index contributed by atoms with van der Waals surface area (Å²) in [7, 11) is 0. The Bertz CT molecular complexity index is 496. The number of rotatable bonds is 8. The summed E-state index contributed by atoms with van der Waals surface area (Å²) in [5, 5.41) is 28.4. The molecular formula is C13H22N4O4. The van der Waals surface area contributed by atoms with Gasteiger partial charge in [0.25, 0.3) is 0 Å². The highest BCUT2D eigenvalue weighted by atomic mass is 16.4. The maximum atomic E-state index is 11.7. The van der Waals surface area contributed by atoms with Gasteiger partial charge in [-0.2, -0.15) is 0 Å². The molecule has 3 N–H and O–H groups in total. The molecule has 1 aromatic heterocycles. The van der Waals surface area contributed by atoms with E-state index in [1.165, 1.54) is 6.20 Å². The van der Waals surface area contributed by atoms with Crippen LogP contribution in [0.4, 0.5) is 0 Å². The van der Waals surface area contributed by atoms with Crippen LogP contribution in [0.2, 0.25) is 0 Å². The molecule has 0 radical (unpaired) electrons. The number of carboxylic acids is 1. The van der Waals surface area contributed by atoms with Gasteiger partial charge in [-0.25, -0.2) is 9.48 Å². The van der Waals surface area contributed by atoms with Crippen LogP contribution < -0.4 is 5.32 Å². The second-order valence-electron chi connectivity index (χ2n) is 5.81. The second-order valence-corrected chi connectivity index (χ2v) is 5.81. The third kappa shape index (κ3) is 6.35. The smallest absolute Gasteiger partial charge is 0.358 e. The molecule has 21 heavy (non-hydrogen) atoms.